The number of nitrogens with one attached hydrogen (secondary N) is 2. The first kappa shape index (κ1) is 26.0. The number of nitrogens with zero attached hydrogens (tertiary/aromatic N) is 3. The van der Waals surface area contributed by atoms with Gasteiger partial charge in [-0.15, -0.1) is 0 Å². The number of alkyl halides is 2. The predicted molar refractivity (Wildman–Crippen MR) is 127 cm³/mol. The van der Waals surface area contributed by atoms with Gasteiger partial charge in [-0.1, -0.05) is 11.2 Å². The van der Waals surface area contributed by atoms with Gasteiger partial charge in [-0.3, -0.25) is 9.59 Å². The number of quaternary nitrogens is 1. The Morgan fingerprint density at radius 1 is 1.27 bits per heavy atom. The average Bonchev–Trinajstić information content (AvgIpc) is 3.35. The van der Waals surface area contributed by atoms with Crippen LogP contribution in [0.5, 0.6) is 0 Å². The molecule has 4 rings (SSSR count). The fourth-order valence-electron chi connectivity index (χ4n) is 4.23. The second-order valence-corrected chi connectivity index (χ2v) is 8.78. The van der Waals surface area contributed by atoms with Gasteiger partial charge in [0.25, 0.3) is 11.8 Å². The Hall–Kier alpha value is -4.06. The Labute approximate surface area is 210 Å². The molecule has 2 amide bonds. The first-order valence-corrected chi connectivity index (χ1v) is 11.6. The molecule has 0 radical (unpaired) electrons. The molecule has 1 aliphatic rings. The molecule has 1 unspecified atom stereocenters. The van der Waals surface area contributed by atoms with Gasteiger partial charge in [0.15, 0.2) is 0 Å². The van der Waals surface area contributed by atoms with Crippen molar-refractivity contribution in [1.29, 1.82) is 5.41 Å². The maximum absolute atomic E-state index is 15.1. The SMILES string of the molecule is C[NH2+]c1cc(-c2noc(C3CCN(C(=O)CNC(=O)c4cccc(F)c4)CC3(F)F)n2)ccc1C(C)=N. The molecule has 0 bridgehead atoms. The summed E-state index contributed by atoms with van der Waals surface area (Å²) in [5.41, 5.74) is 2.51. The normalized spacial score (nSPS) is 16.9. The number of likely N-dealkylation sites (tertiary alicyclic amines) is 1. The van der Waals surface area contributed by atoms with Gasteiger partial charge in [-0.05, 0) is 43.7 Å². The fourth-order valence-corrected chi connectivity index (χ4v) is 4.23. The van der Waals surface area contributed by atoms with Crippen molar-refractivity contribution in [3.8, 4) is 11.4 Å². The quantitative estimate of drug-likeness (QED) is 0.329. The van der Waals surface area contributed by atoms with Crippen LogP contribution in [-0.4, -0.2) is 65.2 Å². The summed E-state index contributed by atoms with van der Waals surface area (Å²) in [4.78, 5) is 29.8. The number of hydrogen-bond donors (Lipinski definition) is 3. The number of hydrogen-bond acceptors (Lipinski definition) is 6. The van der Waals surface area contributed by atoms with Gasteiger partial charge in [0.1, 0.15) is 17.4 Å². The monoisotopic (exact) mass is 515 g/mol. The van der Waals surface area contributed by atoms with E-state index < -0.39 is 42.6 Å². The second-order valence-electron chi connectivity index (χ2n) is 8.78. The molecule has 12 heteroatoms. The summed E-state index contributed by atoms with van der Waals surface area (Å²) in [6.07, 6.45) is -0.113. The average molecular weight is 516 g/mol. The molecule has 1 aromatic heterocycles. The summed E-state index contributed by atoms with van der Waals surface area (Å²) in [5, 5.41) is 15.9. The zero-order valence-corrected chi connectivity index (χ0v) is 20.2. The Kier molecular flexibility index (Phi) is 7.39. The van der Waals surface area contributed by atoms with Crippen LogP contribution in [0.4, 0.5) is 18.9 Å². The van der Waals surface area contributed by atoms with E-state index in [1.54, 1.807) is 25.1 Å². The minimum Gasteiger partial charge on any atom is -0.343 e. The molecule has 0 saturated carbocycles. The lowest BCUT2D eigenvalue weighted by Crippen LogP contribution is -2.73. The Morgan fingerprint density at radius 2 is 2.05 bits per heavy atom. The molecule has 3 aromatic rings. The molecule has 1 atom stereocenters. The molecule has 2 heterocycles. The topological polar surface area (TPSA) is 129 Å². The van der Waals surface area contributed by atoms with Crippen LogP contribution >= 0.6 is 0 Å². The molecule has 0 spiro atoms. The lowest BCUT2D eigenvalue weighted by Gasteiger charge is -2.36. The number of nitrogens with two attached hydrogens (primary N) is 1. The van der Waals surface area contributed by atoms with Gasteiger partial charge < -0.3 is 25.5 Å². The van der Waals surface area contributed by atoms with E-state index in [-0.39, 0.29) is 30.2 Å². The van der Waals surface area contributed by atoms with Gasteiger partial charge in [0.2, 0.25) is 17.6 Å². The van der Waals surface area contributed by atoms with Gasteiger partial charge in [0, 0.05) is 29.4 Å². The van der Waals surface area contributed by atoms with Crippen LogP contribution < -0.4 is 10.6 Å². The Bertz CT molecular complexity index is 1340. The highest BCUT2D eigenvalue weighted by Crippen LogP contribution is 2.40. The molecule has 1 fully saturated rings. The summed E-state index contributed by atoms with van der Waals surface area (Å²) in [6, 6.07) is 10.1. The van der Waals surface area contributed by atoms with Crippen molar-refractivity contribution in [2.45, 2.75) is 25.2 Å². The van der Waals surface area contributed by atoms with Crippen LogP contribution in [0.15, 0.2) is 47.0 Å². The van der Waals surface area contributed by atoms with E-state index in [1.165, 1.54) is 18.2 Å². The van der Waals surface area contributed by atoms with Crippen LogP contribution in [0.3, 0.4) is 0 Å². The zero-order chi connectivity index (χ0) is 26.7. The molecular formula is C25H26F3N6O3+. The second kappa shape index (κ2) is 10.5. The van der Waals surface area contributed by atoms with E-state index in [0.717, 1.165) is 22.2 Å². The van der Waals surface area contributed by atoms with E-state index in [1.807, 2.05) is 12.4 Å². The van der Waals surface area contributed by atoms with Crippen molar-refractivity contribution in [2.75, 3.05) is 26.7 Å². The first-order valence-electron chi connectivity index (χ1n) is 11.6. The molecule has 1 aliphatic heterocycles. The van der Waals surface area contributed by atoms with Crippen LogP contribution in [0.25, 0.3) is 11.4 Å². The number of carbonyl (C=O) groups is 2. The lowest BCUT2D eigenvalue weighted by molar-refractivity contribution is -0.539. The van der Waals surface area contributed by atoms with Crippen LogP contribution in [-0.2, 0) is 4.79 Å². The van der Waals surface area contributed by atoms with Crippen LogP contribution in [0.2, 0.25) is 0 Å². The number of carbonyl (C=O) groups excluding carboxylic acids is 2. The summed E-state index contributed by atoms with van der Waals surface area (Å²) in [5.74, 6) is -6.75. The summed E-state index contributed by atoms with van der Waals surface area (Å²) < 4.78 is 48.6. The van der Waals surface area contributed by atoms with E-state index in [0.29, 0.717) is 11.3 Å². The van der Waals surface area contributed by atoms with Crippen molar-refractivity contribution >= 4 is 23.2 Å². The number of halogens is 3. The van der Waals surface area contributed by atoms with Gasteiger partial charge in [-0.2, -0.15) is 4.98 Å². The highest BCUT2D eigenvalue weighted by molar-refractivity contribution is 6.00. The van der Waals surface area contributed by atoms with Crippen molar-refractivity contribution in [3.63, 3.8) is 0 Å². The maximum Gasteiger partial charge on any atom is 0.276 e. The summed E-state index contributed by atoms with van der Waals surface area (Å²) in [7, 11) is 1.83. The minimum absolute atomic E-state index is 0.00882. The molecule has 9 nitrogen and oxygen atoms in total. The van der Waals surface area contributed by atoms with Gasteiger partial charge in [-0.25, -0.2) is 13.2 Å². The van der Waals surface area contributed by atoms with Crippen LogP contribution in [0, 0.1) is 11.2 Å². The molecule has 2 aromatic carbocycles. The standard InChI is InChI=1S/C25H25F3N6O3/c1-14(29)18-7-6-15(11-20(18)30-2)22-32-24(37-33-22)19-8-9-34(13-25(19,27)28)21(35)12-31-23(36)16-4-3-5-17(26)10-16/h3-7,10-11,19,29-30H,8-9,12-13H2,1-2H3,(H,31,36)/p+1. The smallest absolute Gasteiger partial charge is 0.276 e. The van der Waals surface area contributed by atoms with E-state index in [9.17, 15) is 14.0 Å². The van der Waals surface area contributed by atoms with Crippen molar-refractivity contribution in [3.05, 3.63) is 65.3 Å². The molecule has 194 valence electrons. The zero-order valence-electron chi connectivity index (χ0n) is 20.2. The molecular weight excluding hydrogens is 489 g/mol. The van der Waals surface area contributed by atoms with Crippen molar-refractivity contribution < 1.29 is 32.6 Å². The number of aromatic nitrogens is 2. The van der Waals surface area contributed by atoms with Crippen molar-refractivity contribution in [1.82, 2.24) is 20.4 Å². The fraction of sp³-hybridized carbons (Fsp3) is 0.320. The molecule has 37 heavy (non-hydrogen) atoms. The number of benzene rings is 2. The highest BCUT2D eigenvalue weighted by Gasteiger charge is 2.49. The third-order valence-electron chi connectivity index (χ3n) is 6.20. The summed E-state index contributed by atoms with van der Waals surface area (Å²) >= 11 is 0. The molecule has 4 N–H and O–H groups in total. The third kappa shape index (κ3) is 5.69. The number of piperidine rings is 1. The van der Waals surface area contributed by atoms with E-state index >= 15 is 8.78 Å². The highest BCUT2D eigenvalue weighted by atomic mass is 19.3. The van der Waals surface area contributed by atoms with E-state index in [2.05, 4.69) is 15.5 Å². The third-order valence-corrected chi connectivity index (χ3v) is 6.20. The predicted octanol–water partition coefficient (Wildman–Crippen LogP) is 2.47. The van der Waals surface area contributed by atoms with Crippen molar-refractivity contribution in [2.24, 2.45) is 0 Å². The Balaban J connectivity index is 1.41. The van der Waals surface area contributed by atoms with Crippen LogP contribution in [0.1, 0.15) is 41.1 Å². The largest absolute Gasteiger partial charge is 0.343 e. The Morgan fingerprint density at radius 3 is 2.73 bits per heavy atom. The number of rotatable bonds is 7. The maximum atomic E-state index is 15.1. The first-order chi connectivity index (χ1) is 17.6. The number of amides is 2. The van der Waals surface area contributed by atoms with Gasteiger partial charge >= 0.3 is 0 Å². The molecule has 1 saturated heterocycles. The van der Waals surface area contributed by atoms with Gasteiger partial charge in [0.05, 0.1) is 25.7 Å². The minimum atomic E-state index is -3.34. The lowest BCUT2D eigenvalue weighted by atomic mass is 9.92. The van der Waals surface area contributed by atoms with E-state index in [4.69, 9.17) is 9.93 Å². The molecule has 0 aliphatic carbocycles. The summed E-state index contributed by atoms with van der Waals surface area (Å²) in [6.45, 7) is 0.315.